The zero-order valence-corrected chi connectivity index (χ0v) is 9.04. The Morgan fingerprint density at radius 1 is 1.06 bits per heavy atom. The number of carbonyl (C=O) groups is 1. The fourth-order valence-corrected chi connectivity index (χ4v) is 1.56. The number of aliphatic hydroxyl groups is 4. The second kappa shape index (κ2) is 4.96. The molecular weight excluding hydrogens is 263 g/mol. The van der Waals surface area contributed by atoms with Gasteiger partial charge in [-0.2, -0.15) is 0 Å². The van der Waals surface area contributed by atoms with Gasteiger partial charge in [0.25, 0.3) is 0 Å². The Balaban J connectivity index is 2.77. The molecule has 1 rings (SSSR count). The van der Waals surface area contributed by atoms with Crippen molar-refractivity contribution >= 4 is 13.8 Å². The van der Waals surface area contributed by atoms with E-state index in [1.54, 1.807) is 0 Å². The first kappa shape index (κ1) is 14.5. The zero-order chi connectivity index (χ0) is 13.4. The second-order valence-electron chi connectivity index (χ2n) is 3.32. The van der Waals surface area contributed by atoms with E-state index in [0.29, 0.717) is 0 Å². The number of carbonyl (C=O) groups excluding carboxylic acids is 1. The van der Waals surface area contributed by atoms with E-state index in [-0.39, 0.29) is 0 Å². The van der Waals surface area contributed by atoms with Crippen LogP contribution in [-0.2, 0) is 18.6 Å². The van der Waals surface area contributed by atoms with Gasteiger partial charge in [-0.15, -0.1) is 0 Å². The lowest BCUT2D eigenvalue weighted by Gasteiger charge is -2.36. The summed E-state index contributed by atoms with van der Waals surface area (Å²) >= 11 is 0. The lowest BCUT2D eigenvalue weighted by molar-refractivity contribution is -0.279. The molecule has 0 unspecified atom stereocenters. The molecule has 0 bridgehead atoms. The molecule has 1 fully saturated rings. The van der Waals surface area contributed by atoms with Crippen LogP contribution in [0.3, 0.4) is 0 Å². The van der Waals surface area contributed by atoms with Crippen molar-refractivity contribution in [3.63, 3.8) is 0 Å². The molecule has 1 aliphatic heterocycles. The standard InChI is InChI=1S/C6H11O10P/c7-1-2(8)4(15-5(10)3(1)9)6(11)16-17(12,13)14/h1-5,7-10H,(H2,12,13,14)/t1-,2-,3+,4-,5+/m0/s1. The van der Waals surface area contributed by atoms with Crippen LogP contribution in [0.5, 0.6) is 0 Å². The van der Waals surface area contributed by atoms with E-state index in [4.69, 9.17) is 20.0 Å². The van der Waals surface area contributed by atoms with Crippen LogP contribution in [-0.4, -0.2) is 66.9 Å². The van der Waals surface area contributed by atoms with Gasteiger partial charge in [-0.1, -0.05) is 0 Å². The molecule has 0 saturated carbocycles. The number of ether oxygens (including phenoxy) is 1. The van der Waals surface area contributed by atoms with Crippen molar-refractivity contribution in [1.82, 2.24) is 0 Å². The molecule has 0 aromatic heterocycles. The minimum atomic E-state index is -5.14. The van der Waals surface area contributed by atoms with Crippen molar-refractivity contribution < 1.29 is 48.8 Å². The molecule has 5 atom stereocenters. The molecule has 1 saturated heterocycles. The van der Waals surface area contributed by atoms with Crippen LogP contribution in [0, 0.1) is 0 Å². The summed E-state index contributed by atoms with van der Waals surface area (Å²) in [5.41, 5.74) is 0. The summed E-state index contributed by atoms with van der Waals surface area (Å²) < 4.78 is 18.3. The van der Waals surface area contributed by atoms with Gasteiger partial charge in [-0.3, -0.25) is 9.79 Å². The number of rotatable bonds is 2. The molecular formula is C6H11O10P. The summed E-state index contributed by atoms with van der Waals surface area (Å²) in [4.78, 5) is 27.8. The summed E-state index contributed by atoms with van der Waals surface area (Å²) in [5.74, 6) is -1.67. The lowest BCUT2D eigenvalue weighted by Crippen LogP contribution is -2.59. The van der Waals surface area contributed by atoms with E-state index in [9.17, 15) is 19.6 Å². The predicted octanol–water partition coefficient (Wildman–Crippen LogP) is -3.58. The molecule has 0 aromatic carbocycles. The first-order valence-electron chi connectivity index (χ1n) is 4.30. The number of phosphoric acid groups is 1. The molecule has 100 valence electrons. The van der Waals surface area contributed by atoms with Crippen LogP contribution in [0.4, 0.5) is 0 Å². The molecule has 10 nitrogen and oxygen atoms in total. The first-order chi connectivity index (χ1) is 7.63. The fourth-order valence-electron chi connectivity index (χ4n) is 1.23. The van der Waals surface area contributed by atoms with Gasteiger partial charge in [0.05, 0.1) is 0 Å². The minimum absolute atomic E-state index is 1.67. The van der Waals surface area contributed by atoms with E-state index in [1.807, 2.05) is 0 Å². The summed E-state index contributed by atoms with van der Waals surface area (Å²) in [5, 5.41) is 36.6. The molecule has 1 heterocycles. The monoisotopic (exact) mass is 274 g/mol. The third-order valence-corrected chi connectivity index (χ3v) is 2.45. The van der Waals surface area contributed by atoms with Gasteiger partial charge in [-0.05, 0) is 0 Å². The highest BCUT2D eigenvalue weighted by atomic mass is 31.2. The topological polar surface area (TPSA) is 174 Å². The maximum Gasteiger partial charge on any atom is 0.527 e. The smallest absolute Gasteiger partial charge is 0.387 e. The molecule has 0 spiro atoms. The largest absolute Gasteiger partial charge is 0.527 e. The van der Waals surface area contributed by atoms with E-state index < -0.39 is 44.5 Å². The van der Waals surface area contributed by atoms with E-state index in [1.165, 1.54) is 0 Å². The van der Waals surface area contributed by atoms with Gasteiger partial charge in [-0.25, -0.2) is 9.36 Å². The Morgan fingerprint density at radius 2 is 1.59 bits per heavy atom. The van der Waals surface area contributed by atoms with Crippen molar-refractivity contribution in [2.45, 2.75) is 30.7 Å². The maximum atomic E-state index is 11.1. The van der Waals surface area contributed by atoms with E-state index in [2.05, 4.69) is 9.26 Å². The van der Waals surface area contributed by atoms with E-state index in [0.717, 1.165) is 0 Å². The van der Waals surface area contributed by atoms with Crippen LogP contribution in [0.15, 0.2) is 0 Å². The third kappa shape index (κ3) is 3.44. The number of aliphatic hydroxyl groups excluding tert-OH is 4. The zero-order valence-electron chi connectivity index (χ0n) is 8.15. The lowest BCUT2D eigenvalue weighted by atomic mass is 9.99. The Kier molecular flexibility index (Phi) is 4.23. The SMILES string of the molecule is O=C(OP(=O)(O)O)[C@H]1O[C@@H](O)[C@H](O)[C@@H](O)[C@@H]1O. The van der Waals surface area contributed by atoms with Crippen LogP contribution in [0.2, 0.25) is 0 Å². The van der Waals surface area contributed by atoms with Crippen LogP contribution in [0.1, 0.15) is 0 Å². The highest BCUT2D eigenvalue weighted by Crippen LogP contribution is 2.37. The van der Waals surface area contributed by atoms with Crippen LogP contribution < -0.4 is 0 Å². The number of phosphoric ester groups is 1. The Bertz CT molecular complexity index is 338. The van der Waals surface area contributed by atoms with Crippen molar-refractivity contribution in [2.75, 3.05) is 0 Å². The molecule has 0 radical (unpaired) electrons. The van der Waals surface area contributed by atoms with Crippen molar-refractivity contribution in [2.24, 2.45) is 0 Å². The van der Waals surface area contributed by atoms with Crippen molar-refractivity contribution in [3.05, 3.63) is 0 Å². The van der Waals surface area contributed by atoms with Crippen molar-refractivity contribution in [3.8, 4) is 0 Å². The predicted molar refractivity (Wildman–Crippen MR) is 47.0 cm³/mol. The van der Waals surface area contributed by atoms with E-state index >= 15 is 0 Å². The molecule has 1 aliphatic rings. The highest BCUT2D eigenvalue weighted by molar-refractivity contribution is 7.46. The first-order valence-corrected chi connectivity index (χ1v) is 5.83. The summed E-state index contributed by atoms with van der Waals surface area (Å²) in [6.45, 7) is 0. The Morgan fingerprint density at radius 3 is 2.06 bits per heavy atom. The summed E-state index contributed by atoms with van der Waals surface area (Å²) in [6, 6.07) is 0. The van der Waals surface area contributed by atoms with Crippen LogP contribution >= 0.6 is 7.82 Å². The second-order valence-corrected chi connectivity index (χ2v) is 4.48. The minimum Gasteiger partial charge on any atom is -0.387 e. The average Bonchev–Trinajstić information content (AvgIpc) is 2.17. The van der Waals surface area contributed by atoms with Gasteiger partial charge in [0.2, 0.25) is 0 Å². The van der Waals surface area contributed by atoms with Crippen LogP contribution in [0.25, 0.3) is 0 Å². The molecule has 6 N–H and O–H groups in total. The molecule has 0 amide bonds. The number of hydrogen-bond donors (Lipinski definition) is 6. The fraction of sp³-hybridized carbons (Fsp3) is 0.833. The molecule has 0 aromatic rings. The summed E-state index contributed by atoms with van der Waals surface area (Å²) in [7, 11) is -5.14. The van der Waals surface area contributed by atoms with Gasteiger partial charge in [0.15, 0.2) is 12.4 Å². The van der Waals surface area contributed by atoms with Gasteiger partial charge < -0.3 is 29.7 Å². The average molecular weight is 274 g/mol. The third-order valence-electron chi connectivity index (χ3n) is 2.03. The highest BCUT2D eigenvalue weighted by Gasteiger charge is 2.48. The van der Waals surface area contributed by atoms with Gasteiger partial charge in [0.1, 0.15) is 18.3 Å². The Labute approximate surface area is 94.3 Å². The molecule has 0 aliphatic carbocycles. The number of hydrogen-bond acceptors (Lipinski definition) is 8. The normalized spacial score (nSPS) is 38.8. The molecule has 11 heteroatoms. The Hall–Kier alpha value is -0.580. The van der Waals surface area contributed by atoms with Gasteiger partial charge >= 0.3 is 13.8 Å². The van der Waals surface area contributed by atoms with Gasteiger partial charge in [0, 0.05) is 0 Å². The van der Waals surface area contributed by atoms with Crippen molar-refractivity contribution in [1.29, 1.82) is 0 Å². The maximum absolute atomic E-state index is 11.1. The summed E-state index contributed by atoms with van der Waals surface area (Å²) in [6.07, 6.45) is -9.79. The molecule has 17 heavy (non-hydrogen) atoms. The quantitative estimate of drug-likeness (QED) is 0.276.